The molecule has 0 aromatic carbocycles. The standard InChI is InChI=1S/C11H15N3O4S3/c12-11(19)10-9(4-1-5-13-10)21(17,18)14-8-3-2-6-20(15,16)7-8/h1,4-5,8,14H,2-3,6-7H2,(H2,12,19). The molecule has 3 N–H and O–H groups in total. The lowest BCUT2D eigenvalue weighted by atomic mass is 10.2. The summed E-state index contributed by atoms with van der Waals surface area (Å²) in [5.74, 6) is -0.106. The molecule has 0 saturated carbocycles. The van der Waals surface area contributed by atoms with E-state index in [4.69, 9.17) is 18.0 Å². The van der Waals surface area contributed by atoms with Crippen molar-refractivity contribution in [3.05, 3.63) is 24.0 Å². The Morgan fingerprint density at radius 1 is 1.48 bits per heavy atom. The molecule has 2 rings (SSSR count). The molecule has 2 heterocycles. The van der Waals surface area contributed by atoms with Crippen LogP contribution in [-0.4, -0.2) is 44.4 Å². The van der Waals surface area contributed by atoms with Gasteiger partial charge in [-0.05, 0) is 25.0 Å². The number of hydrogen-bond donors (Lipinski definition) is 2. The number of sulfone groups is 1. The molecular formula is C11H15N3O4S3. The van der Waals surface area contributed by atoms with Crippen LogP contribution in [-0.2, 0) is 19.9 Å². The first-order valence-electron chi connectivity index (χ1n) is 6.19. The zero-order valence-electron chi connectivity index (χ0n) is 11.0. The van der Waals surface area contributed by atoms with Crippen molar-refractivity contribution in [3.63, 3.8) is 0 Å². The predicted octanol–water partition coefficient (Wildman–Crippen LogP) is -0.429. The van der Waals surface area contributed by atoms with E-state index >= 15 is 0 Å². The maximum absolute atomic E-state index is 12.4. The van der Waals surface area contributed by atoms with Gasteiger partial charge in [0.15, 0.2) is 9.84 Å². The van der Waals surface area contributed by atoms with E-state index in [2.05, 4.69) is 9.71 Å². The minimum Gasteiger partial charge on any atom is -0.388 e. The van der Waals surface area contributed by atoms with E-state index in [0.29, 0.717) is 12.8 Å². The van der Waals surface area contributed by atoms with Gasteiger partial charge in [-0.25, -0.2) is 21.6 Å². The third-order valence-corrected chi connectivity index (χ3v) is 6.64. The van der Waals surface area contributed by atoms with Crippen LogP contribution in [0, 0.1) is 0 Å². The summed E-state index contributed by atoms with van der Waals surface area (Å²) in [6, 6.07) is 2.14. The van der Waals surface area contributed by atoms with E-state index in [0.717, 1.165) is 0 Å². The van der Waals surface area contributed by atoms with Gasteiger partial charge in [0.05, 0.1) is 11.5 Å². The van der Waals surface area contributed by atoms with Crippen molar-refractivity contribution in [2.75, 3.05) is 11.5 Å². The quantitative estimate of drug-likeness (QED) is 0.708. The summed E-state index contributed by atoms with van der Waals surface area (Å²) >= 11 is 4.79. The van der Waals surface area contributed by atoms with E-state index in [9.17, 15) is 16.8 Å². The van der Waals surface area contributed by atoms with Gasteiger partial charge in [0.2, 0.25) is 10.0 Å². The Kier molecular flexibility index (Phi) is 4.61. The molecule has 0 radical (unpaired) electrons. The largest absolute Gasteiger partial charge is 0.388 e. The Morgan fingerprint density at radius 2 is 2.19 bits per heavy atom. The zero-order chi connectivity index (χ0) is 15.7. The Bertz CT molecular complexity index is 759. The Balaban J connectivity index is 2.29. The molecule has 7 nitrogen and oxygen atoms in total. The molecule has 1 atom stereocenters. The molecule has 0 bridgehead atoms. The molecule has 21 heavy (non-hydrogen) atoms. The SMILES string of the molecule is NC(=S)c1ncccc1S(=O)(=O)NC1CCCS(=O)(=O)C1. The van der Waals surface area contributed by atoms with Gasteiger partial charge in [-0.1, -0.05) is 12.2 Å². The number of pyridine rings is 1. The minimum absolute atomic E-state index is 0.00123. The molecule has 1 aromatic heterocycles. The number of hydrogen-bond acceptors (Lipinski definition) is 6. The molecular weight excluding hydrogens is 334 g/mol. The normalized spacial score (nSPS) is 21.8. The van der Waals surface area contributed by atoms with Crippen molar-refractivity contribution in [2.24, 2.45) is 5.73 Å². The van der Waals surface area contributed by atoms with Crippen LogP contribution in [0.1, 0.15) is 18.5 Å². The molecule has 1 aromatic rings. The molecule has 0 aliphatic carbocycles. The highest BCUT2D eigenvalue weighted by molar-refractivity contribution is 7.91. The highest BCUT2D eigenvalue weighted by Gasteiger charge is 2.30. The number of nitrogens with two attached hydrogens (primary N) is 1. The van der Waals surface area contributed by atoms with E-state index in [1.807, 2.05) is 0 Å². The molecule has 1 fully saturated rings. The lowest BCUT2D eigenvalue weighted by molar-refractivity contribution is 0.517. The fourth-order valence-electron chi connectivity index (χ4n) is 2.19. The number of aromatic nitrogens is 1. The summed E-state index contributed by atoms with van der Waals surface area (Å²) in [6.45, 7) is 0. The van der Waals surface area contributed by atoms with Gasteiger partial charge in [0.1, 0.15) is 15.6 Å². The summed E-state index contributed by atoms with van der Waals surface area (Å²) in [4.78, 5) is 3.59. The molecule has 0 amide bonds. The smallest absolute Gasteiger partial charge is 0.243 e. The third kappa shape index (κ3) is 3.96. The van der Waals surface area contributed by atoms with Crippen molar-refractivity contribution in [1.82, 2.24) is 9.71 Å². The molecule has 10 heteroatoms. The number of rotatable bonds is 4. The number of nitrogens with zero attached hydrogens (tertiary/aromatic N) is 1. The zero-order valence-corrected chi connectivity index (χ0v) is 13.5. The maximum atomic E-state index is 12.4. The van der Waals surface area contributed by atoms with Crippen molar-refractivity contribution in [3.8, 4) is 0 Å². The van der Waals surface area contributed by atoms with Crippen LogP contribution in [0.2, 0.25) is 0 Å². The van der Waals surface area contributed by atoms with Crippen molar-refractivity contribution < 1.29 is 16.8 Å². The number of thiocarbonyl (C=S) groups is 1. The Hall–Kier alpha value is -1.10. The van der Waals surface area contributed by atoms with Crippen LogP contribution in [0.3, 0.4) is 0 Å². The second kappa shape index (κ2) is 5.95. The van der Waals surface area contributed by atoms with Gasteiger partial charge in [0, 0.05) is 12.2 Å². The summed E-state index contributed by atoms with van der Waals surface area (Å²) in [5.41, 5.74) is 5.47. The lowest BCUT2D eigenvalue weighted by Crippen LogP contribution is -2.43. The first-order chi connectivity index (χ1) is 9.71. The fraction of sp³-hybridized carbons (Fsp3) is 0.455. The molecule has 1 unspecified atom stereocenters. The van der Waals surface area contributed by atoms with Crippen LogP contribution in [0.4, 0.5) is 0 Å². The van der Waals surface area contributed by atoms with E-state index in [1.54, 1.807) is 0 Å². The first-order valence-corrected chi connectivity index (χ1v) is 9.90. The predicted molar refractivity (Wildman–Crippen MR) is 82.1 cm³/mol. The molecule has 0 spiro atoms. The molecule has 116 valence electrons. The van der Waals surface area contributed by atoms with Crippen molar-refractivity contribution in [1.29, 1.82) is 0 Å². The van der Waals surface area contributed by atoms with E-state index in [-0.39, 0.29) is 27.1 Å². The second-order valence-corrected chi connectivity index (χ2v) is 9.14. The van der Waals surface area contributed by atoms with Crippen molar-refractivity contribution in [2.45, 2.75) is 23.8 Å². The number of sulfonamides is 1. The van der Waals surface area contributed by atoms with Gasteiger partial charge >= 0.3 is 0 Å². The minimum atomic E-state index is -3.93. The molecule has 1 aliphatic rings. The van der Waals surface area contributed by atoms with Crippen LogP contribution in [0.5, 0.6) is 0 Å². The van der Waals surface area contributed by atoms with Gasteiger partial charge < -0.3 is 5.73 Å². The average Bonchev–Trinajstić information content (AvgIpc) is 2.37. The topological polar surface area (TPSA) is 119 Å². The molecule has 1 aliphatic heterocycles. The van der Waals surface area contributed by atoms with Gasteiger partial charge in [0.25, 0.3) is 0 Å². The summed E-state index contributed by atoms with van der Waals surface area (Å²) in [7, 11) is -7.14. The van der Waals surface area contributed by atoms with Crippen LogP contribution >= 0.6 is 12.2 Å². The van der Waals surface area contributed by atoms with Crippen LogP contribution in [0.25, 0.3) is 0 Å². The summed E-state index contributed by atoms with van der Waals surface area (Å²) < 4.78 is 50.3. The second-order valence-electron chi connectivity index (χ2n) is 4.79. The molecule has 1 saturated heterocycles. The van der Waals surface area contributed by atoms with E-state index < -0.39 is 25.9 Å². The summed E-state index contributed by atoms with van der Waals surface area (Å²) in [6.07, 6.45) is 2.30. The van der Waals surface area contributed by atoms with Crippen molar-refractivity contribution >= 4 is 37.1 Å². The highest BCUT2D eigenvalue weighted by atomic mass is 32.2. The fourth-order valence-corrected chi connectivity index (χ4v) is 5.60. The monoisotopic (exact) mass is 349 g/mol. The summed E-state index contributed by atoms with van der Waals surface area (Å²) in [5, 5.41) is 0. The van der Waals surface area contributed by atoms with E-state index in [1.165, 1.54) is 18.3 Å². The van der Waals surface area contributed by atoms with Gasteiger partial charge in [-0.3, -0.25) is 4.98 Å². The maximum Gasteiger partial charge on any atom is 0.243 e. The average molecular weight is 349 g/mol. The first kappa shape index (κ1) is 16.3. The lowest BCUT2D eigenvalue weighted by Gasteiger charge is -2.23. The Morgan fingerprint density at radius 3 is 2.81 bits per heavy atom. The van der Waals surface area contributed by atoms with Gasteiger partial charge in [-0.2, -0.15) is 0 Å². The highest BCUT2D eigenvalue weighted by Crippen LogP contribution is 2.17. The number of nitrogens with one attached hydrogen (secondary N) is 1. The van der Waals surface area contributed by atoms with Crippen LogP contribution < -0.4 is 10.5 Å². The van der Waals surface area contributed by atoms with Gasteiger partial charge in [-0.15, -0.1) is 0 Å². The van der Waals surface area contributed by atoms with Crippen LogP contribution in [0.15, 0.2) is 23.2 Å². The third-order valence-electron chi connectivity index (χ3n) is 3.08. The Labute approximate surface area is 128 Å².